The zero-order valence-electron chi connectivity index (χ0n) is 9.46. The van der Waals surface area contributed by atoms with Gasteiger partial charge >= 0.3 is 0 Å². The lowest BCUT2D eigenvalue weighted by Crippen LogP contribution is -2.26. The molecule has 0 aliphatic rings. The maximum Gasteiger partial charge on any atom is 0.143 e. The Morgan fingerprint density at radius 2 is 2.00 bits per heavy atom. The van der Waals surface area contributed by atoms with Crippen molar-refractivity contribution in [1.82, 2.24) is 4.90 Å². The van der Waals surface area contributed by atoms with Gasteiger partial charge in [-0.2, -0.15) is 0 Å². The number of halogens is 2. The van der Waals surface area contributed by atoms with E-state index in [2.05, 4.69) is 0 Å². The summed E-state index contributed by atoms with van der Waals surface area (Å²) in [6, 6.07) is 5.62. The lowest BCUT2D eigenvalue weighted by Gasteiger charge is -2.14. The molecule has 0 radical (unpaired) electrons. The van der Waals surface area contributed by atoms with Crippen molar-refractivity contribution in [3.63, 3.8) is 0 Å². The van der Waals surface area contributed by atoms with Crippen molar-refractivity contribution in [1.29, 1.82) is 0 Å². The Bertz CT molecular complexity index is 379. The van der Waals surface area contributed by atoms with E-state index in [1.807, 2.05) is 24.1 Å². The molecule has 0 bridgehead atoms. The summed E-state index contributed by atoms with van der Waals surface area (Å²) in [6.45, 7) is 2.91. The summed E-state index contributed by atoms with van der Waals surface area (Å²) in [7, 11) is 1.93. The fourth-order valence-corrected chi connectivity index (χ4v) is 1.79. The van der Waals surface area contributed by atoms with Crippen molar-refractivity contribution in [2.24, 2.45) is 0 Å². The molecular formula is C12H15Cl2NO. The van der Waals surface area contributed by atoms with Crippen LogP contribution in [0.25, 0.3) is 0 Å². The van der Waals surface area contributed by atoms with Crippen LogP contribution in [0, 0.1) is 0 Å². The molecule has 0 spiro atoms. The number of rotatable bonds is 5. The second kappa shape index (κ2) is 6.24. The fourth-order valence-electron chi connectivity index (χ4n) is 1.47. The van der Waals surface area contributed by atoms with Crippen molar-refractivity contribution < 1.29 is 4.79 Å². The van der Waals surface area contributed by atoms with Crippen LogP contribution in [-0.4, -0.2) is 30.8 Å². The van der Waals surface area contributed by atoms with Gasteiger partial charge in [-0.25, -0.2) is 0 Å². The second-order valence-electron chi connectivity index (χ2n) is 3.94. The molecule has 0 aliphatic carbocycles. The molecule has 0 aliphatic heterocycles. The first kappa shape index (κ1) is 13.5. The first-order valence-electron chi connectivity index (χ1n) is 5.11. The molecule has 0 saturated carbocycles. The number of ketones is 1. The molecule has 1 rings (SSSR count). The smallest absolute Gasteiger partial charge is 0.143 e. The molecule has 0 amide bonds. The average molecular weight is 260 g/mol. The highest BCUT2D eigenvalue weighted by Crippen LogP contribution is 2.22. The Balaban J connectivity index is 2.48. The van der Waals surface area contributed by atoms with Gasteiger partial charge < -0.3 is 0 Å². The van der Waals surface area contributed by atoms with Gasteiger partial charge in [0.1, 0.15) is 5.78 Å². The van der Waals surface area contributed by atoms with Gasteiger partial charge in [0.15, 0.2) is 0 Å². The third-order valence-electron chi connectivity index (χ3n) is 2.26. The van der Waals surface area contributed by atoms with Crippen molar-refractivity contribution in [2.45, 2.75) is 13.3 Å². The predicted octanol–water partition coefficient (Wildman–Crippen LogP) is 3.06. The Hall–Kier alpha value is -0.570. The van der Waals surface area contributed by atoms with Gasteiger partial charge in [-0.15, -0.1) is 0 Å². The van der Waals surface area contributed by atoms with E-state index in [0.717, 1.165) is 18.5 Å². The van der Waals surface area contributed by atoms with Gasteiger partial charge in [-0.3, -0.25) is 9.69 Å². The van der Waals surface area contributed by atoms with Crippen molar-refractivity contribution in [3.8, 4) is 0 Å². The Morgan fingerprint density at radius 3 is 2.56 bits per heavy atom. The van der Waals surface area contributed by atoms with Crippen molar-refractivity contribution >= 4 is 29.0 Å². The van der Waals surface area contributed by atoms with Gasteiger partial charge in [-0.05, 0) is 38.1 Å². The SMILES string of the molecule is CC(=O)CN(C)CCc1ccc(Cl)c(Cl)c1. The maximum atomic E-state index is 10.9. The number of likely N-dealkylation sites (N-methyl/N-ethyl adjacent to an activating group) is 1. The number of carbonyl (C=O) groups excluding carboxylic acids is 1. The molecule has 4 heteroatoms. The average Bonchev–Trinajstić information content (AvgIpc) is 2.19. The summed E-state index contributed by atoms with van der Waals surface area (Å²) in [5.74, 6) is 0.177. The minimum Gasteiger partial charge on any atom is -0.299 e. The highest BCUT2D eigenvalue weighted by molar-refractivity contribution is 6.42. The van der Waals surface area contributed by atoms with E-state index in [4.69, 9.17) is 23.2 Å². The molecule has 0 fully saturated rings. The third kappa shape index (κ3) is 4.52. The summed E-state index contributed by atoms with van der Waals surface area (Å²) >= 11 is 11.7. The van der Waals surface area contributed by atoms with E-state index in [1.165, 1.54) is 0 Å². The molecule has 1 aromatic rings. The first-order chi connectivity index (χ1) is 7.49. The number of benzene rings is 1. The quantitative estimate of drug-likeness (QED) is 0.811. The van der Waals surface area contributed by atoms with Crippen LogP contribution < -0.4 is 0 Å². The second-order valence-corrected chi connectivity index (χ2v) is 4.75. The summed E-state index contributed by atoms with van der Waals surface area (Å²) in [5, 5.41) is 1.15. The molecule has 88 valence electrons. The summed E-state index contributed by atoms with van der Waals surface area (Å²) in [6.07, 6.45) is 0.862. The summed E-state index contributed by atoms with van der Waals surface area (Å²) < 4.78 is 0. The molecule has 0 saturated heterocycles. The zero-order valence-corrected chi connectivity index (χ0v) is 11.0. The van der Waals surface area contributed by atoms with Crippen LogP contribution in [0.2, 0.25) is 10.0 Å². The Labute approximate surface area is 106 Å². The molecule has 16 heavy (non-hydrogen) atoms. The van der Waals surface area contributed by atoms with Gasteiger partial charge in [-0.1, -0.05) is 29.3 Å². The normalized spacial score (nSPS) is 10.8. The van der Waals surface area contributed by atoms with E-state index in [1.54, 1.807) is 13.0 Å². The molecule has 0 aromatic heterocycles. The van der Waals surface area contributed by atoms with Crippen LogP contribution >= 0.6 is 23.2 Å². The van der Waals surface area contributed by atoms with Crippen LogP contribution in [0.4, 0.5) is 0 Å². The molecule has 1 aromatic carbocycles. The topological polar surface area (TPSA) is 20.3 Å². The molecule has 0 N–H and O–H groups in total. The molecule has 0 atom stereocenters. The summed E-state index contributed by atoms with van der Waals surface area (Å²) in [5.41, 5.74) is 1.13. The van der Waals surface area contributed by atoms with Crippen LogP contribution in [-0.2, 0) is 11.2 Å². The monoisotopic (exact) mass is 259 g/mol. The number of carbonyl (C=O) groups is 1. The minimum atomic E-state index is 0.177. The van der Waals surface area contributed by atoms with Crippen molar-refractivity contribution in [3.05, 3.63) is 33.8 Å². The van der Waals surface area contributed by atoms with E-state index in [0.29, 0.717) is 16.6 Å². The van der Waals surface area contributed by atoms with E-state index in [9.17, 15) is 4.79 Å². The van der Waals surface area contributed by atoms with E-state index >= 15 is 0 Å². The number of hydrogen-bond acceptors (Lipinski definition) is 2. The van der Waals surface area contributed by atoms with Crippen molar-refractivity contribution in [2.75, 3.05) is 20.1 Å². The molecule has 0 heterocycles. The highest BCUT2D eigenvalue weighted by Gasteiger charge is 2.03. The standard InChI is InChI=1S/C12H15Cl2NO/c1-9(16)8-15(2)6-5-10-3-4-11(13)12(14)7-10/h3-4,7H,5-6,8H2,1-2H3. The Morgan fingerprint density at radius 1 is 1.31 bits per heavy atom. The fraction of sp³-hybridized carbons (Fsp3) is 0.417. The third-order valence-corrected chi connectivity index (χ3v) is 3.00. The van der Waals surface area contributed by atoms with Crippen LogP contribution in [0.15, 0.2) is 18.2 Å². The van der Waals surface area contributed by atoms with E-state index in [-0.39, 0.29) is 5.78 Å². The molecular weight excluding hydrogens is 245 g/mol. The summed E-state index contributed by atoms with van der Waals surface area (Å²) in [4.78, 5) is 12.9. The number of hydrogen-bond donors (Lipinski definition) is 0. The van der Waals surface area contributed by atoms with Crippen LogP contribution in [0.3, 0.4) is 0 Å². The first-order valence-corrected chi connectivity index (χ1v) is 5.86. The lowest BCUT2D eigenvalue weighted by atomic mass is 10.1. The maximum absolute atomic E-state index is 10.9. The van der Waals surface area contributed by atoms with Gasteiger partial charge in [0.2, 0.25) is 0 Å². The van der Waals surface area contributed by atoms with Gasteiger partial charge in [0, 0.05) is 6.54 Å². The van der Waals surface area contributed by atoms with Gasteiger partial charge in [0.25, 0.3) is 0 Å². The number of Topliss-reactive ketones (excluding diaryl/α,β-unsaturated/α-hetero) is 1. The van der Waals surface area contributed by atoms with Crippen LogP contribution in [0.1, 0.15) is 12.5 Å². The predicted molar refractivity (Wildman–Crippen MR) is 68.3 cm³/mol. The Kier molecular flexibility index (Phi) is 5.26. The molecule has 0 unspecified atom stereocenters. The zero-order chi connectivity index (χ0) is 12.1. The van der Waals surface area contributed by atoms with E-state index < -0.39 is 0 Å². The van der Waals surface area contributed by atoms with Gasteiger partial charge in [0.05, 0.1) is 16.6 Å². The molecule has 2 nitrogen and oxygen atoms in total. The highest BCUT2D eigenvalue weighted by atomic mass is 35.5. The van der Waals surface area contributed by atoms with Crippen LogP contribution in [0.5, 0.6) is 0 Å². The number of nitrogens with zero attached hydrogens (tertiary/aromatic N) is 1. The lowest BCUT2D eigenvalue weighted by molar-refractivity contribution is -0.117. The largest absolute Gasteiger partial charge is 0.299 e. The minimum absolute atomic E-state index is 0.177.